The molecule has 17 rings (SSSR count). The van der Waals surface area contributed by atoms with Crippen molar-refractivity contribution in [2.75, 3.05) is 16.4 Å². The van der Waals surface area contributed by atoms with E-state index in [-0.39, 0.29) is 40.9 Å². The second kappa shape index (κ2) is 36.9. The number of hydrogen-bond donors (Lipinski definition) is 7. The number of nitrogens with two attached hydrogens (primary N) is 2. The van der Waals surface area contributed by atoms with Crippen LogP contribution in [0.15, 0.2) is 172 Å². The molecule has 0 radical (unpaired) electrons. The van der Waals surface area contributed by atoms with E-state index in [1.807, 2.05) is 32.9 Å². The van der Waals surface area contributed by atoms with Crippen LogP contribution in [0.5, 0.6) is 0 Å². The number of alkyl carbamates (subject to hydrolysis) is 2. The first kappa shape index (κ1) is 91.4. The highest BCUT2D eigenvalue weighted by Crippen LogP contribution is 2.61. The number of carbonyl (C=O) groups excluding carboxylic acids is 2. The monoisotopic (exact) mass is 1840 g/mol. The van der Waals surface area contributed by atoms with E-state index < -0.39 is 62.2 Å². The molecule has 642 valence electrons. The molecule has 3 saturated carbocycles. The van der Waals surface area contributed by atoms with Crippen LogP contribution in [-0.2, 0) is 44.9 Å². The first-order chi connectivity index (χ1) is 57.3. The van der Waals surface area contributed by atoms with E-state index in [9.17, 15) is 27.7 Å². The van der Waals surface area contributed by atoms with Gasteiger partial charge in [-0.05, 0) is 281 Å². The van der Waals surface area contributed by atoms with E-state index in [1.54, 1.807) is 133 Å². The van der Waals surface area contributed by atoms with Gasteiger partial charge in [0, 0.05) is 89.3 Å². The van der Waals surface area contributed by atoms with Crippen LogP contribution in [0, 0.1) is 17.5 Å². The first-order valence-corrected chi connectivity index (χ1v) is 44.7. The van der Waals surface area contributed by atoms with Gasteiger partial charge in [-0.15, -0.1) is 0 Å². The predicted octanol–water partition coefficient (Wildman–Crippen LogP) is 22.8. The van der Waals surface area contributed by atoms with Gasteiger partial charge in [0.15, 0.2) is 0 Å². The molecule has 3 fully saturated rings. The van der Waals surface area contributed by atoms with Crippen molar-refractivity contribution >= 4 is 199 Å². The molecule has 4 aromatic heterocycles. The normalized spacial score (nSPS) is 19.4. The summed E-state index contributed by atoms with van der Waals surface area (Å²) in [7, 11) is 0. The lowest BCUT2D eigenvalue weighted by Crippen LogP contribution is -2.54. The third-order valence-electron chi connectivity index (χ3n) is 20.6. The maximum absolute atomic E-state index is 15.3. The Morgan fingerprint density at radius 3 is 1.22 bits per heavy atom. The highest BCUT2D eigenvalue weighted by atomic mass is 36.0. The number of amides is 2. The smallest absolute Gasteiger partial charge is 0.415 e. The molecule has 7 heterocycles. The number of nitrogens with one attached hydrogen (secondary N) is 5. The fourth-order valence-electron chi connectivity index (χ4n) is 15.0. The van der Waals surface area contributed by atoms with Gasteiger partial charge < -0.3 is 50.8 Å². The summed E-state index contributed by atoms with van der Waals surface area (Å²) in [5.74, 6) is 0.0882. The number of aliphatic imine (C=N–C) groups is 3. The molecule has 0 saturated heterocycles. The number of aromatic nitrogens is 8. The van der Waals surface area contributed by atoms with Crippen molar-refractivity contribution in [3.05, 3.63) is 222 Å². The number of rotatable bonds is 7. The molecule has 11 aromatic rings. The number of anilines is 5. The molecule has 3 aliphatic heterocycles. The van der Waals surface area contributed by atoms with Crippen LogP contribution in [0.3, 0.4) is 0 Å². The van der Waals surface area contributed by atoms with E-state index in [4.69, 9.17) is 93.2 Å². The Bertz CT molecular complexity index is 6010. The number of H-pyrrole nitrogens is 1. The van der Waals surface area contributed by atoms with Crippen LogP contribution in [0.25, 0.3) is 43.6 Å². The van der Waals surface area contributed by atoms with Crippen molar-refractivity contribution in [1.29, 1.82) is 0 Å². The van der Waals surface area contributed by atoms with Crippen molar-refractivity contribution in [3.63, 3.8) is 0 Å². The maximum atomic E-state index is 15.3. The molecule has 122 heavy (non-hydrogen) atoms. The summed E-state index contributed by atoms with van der Waals surface area (Å²) in [6, 6.07) is 35.4. The molecule has 38 heteroatoms. The second-order valence-electron chi connectivity index (χ2n) is 32.6. The van der Waals surface area contributed by atoms with Crippen LogP contribution in [-0.4, -0.2) is 98.1 Å². The molecule has 0 unspecified atom stereocenters. The van der Waals surface area contributed by atoms with Crippen molar-refractivity contribution in [2.24, 2.45) is 20.7 Å². The average molecular weight is 1850 g/mol. The van der Waals surface area contributed by atoms with Gasteiger partial charge >= 0.3 is 17.4 Å². The number of nitrogens with zero attached hydrogens (tertiary/aromatic N) is 10. The molecule has 2 amide bonds. The number of ether oxygens (including phenoxy) is 5. The SMILES string of the molecule is CC(C)(C)OC(=O)NC1=N[C@](C)(c2cc(N)ccc2F)CC2(CCC2)O1.CC(C)(C)OC(=O)NC1=N[C@](C)(c2cc(Nc3ncnc4cc(Cl)ccc34)ccc2F)CC2(CCC2)O1.C[C@@]1(c2cc(Nc3ncnc4cc(Cl)ccc34)ccc2F)CC2(CCC2)OC(N)=N1.Clc1ccc2c(Cl)ncnc2c1.O=P(Cl)(Cl)Cl.O=c1[nH]cnc2cc(Cl)ccc12. The third-order valence-corrected chi connectivity index (χ3v) is 21.8. The van der Waals surface area contributed by atoms with E-state index >= 15 is 4.39 Å². The van der Waals surface area contributed by atoms with Crippen LogP contribution < -0.4 is 38.3 Å². The van der Waals surface area contributed by atoms with Crippen LogP contribution in [0.1, 0.15) is 156 Å². The number of halogens is 11. The molecule has 0 bridgehead atoms. The Balaban J connectivity index is 0.000000145. The molecular weight excluding hydrogens is 1760 g/mol. The van der Waals surface area contributed by atoms with Gasteiger partial charge in [-0.2, -0.15) is 0 Å². The summed E-state index contributed by atoms with van der Waals surface area (Å²) in [5, 5.41) is 14.4. The third kappa shape index (κ3) is 23.4. The molecule has 3 aliphatic carbocycles. The zero-order valence-electron chi connectivity index (χ0n) is 67.3. The minimum atomic E-state index is -3.22. The topological polar surface area (TPSA) is 358 Å². The van der Waals surface area contributed by atoms with E-state index in [0.29, 0.717) is 106 Å². The lowest BCUT2D eigenvalue weighted by atomic mass is 9.69. The fourth-order valence-corrected chi connectivity index (χ4v) is 15.8. The van der Waals surface area contributed by atoms with E-state index in [1.165, 1.54) is 49.6 Å². The zero-order valence-corrected chi connectivity index (χ0v) is 74.3. The van der Waals surface area contributed by atoms with Crippen LogP contribution in [0.4, 0.5) is 51.5 Å². The number of aromatic amines is 1. The summed E-state index contributed by atoms with van der Waals surface area (Å²) in [5.41, 5.74) is 12.3. The Kier molecular flexibility index (Phi) is 27.7. The lowest BCUT2D eigenvalue weighted by Gasteiger charge is -2.49. The maximum Gasteiger partial charge on any atom is 0.415 e. The summed E-state index contributed by atoms with van der Waals surface area (Å²) in [6.07, 6.45) is 14.2. The number of hydrogen-bond acceptors (Lipinski definition) is 23. The van der Waals surface area contributed by atoms with Gasteiger partial charge in [-0.1, -0.05) is 58.0 Å². The molecular formula is C84H85Cl8F3N17O9P. The van der Waals surface area contributed by atoms with Gasteiger partial charge in [-0.25, -0.2) is 83.3 Å². The quantitative estimate of drug-likeness (QED) is 0.0443. The highest BCUT2D eigenvalue weighted by Gasteiger charge is 2.54. The Morgan fingerprint density at radius 1 is 0.467 bits per heavy atom. The van der Waals surface area contributed by atoms with Gasteiger partial charge in [0.25, 0.3) is 23.6 Å². The lowest BCUT2D eigenvalue weighted by molar-refractivity contribution is -0.0618. The number of carbonyl (C=O) groups is 2. The molecule has 9 N–H and O–H groups in total. The zero-order chi connectivity index (χ0) is 88.1. The van der Waals surface area contributed by atoms with Gasteiger partial charge in [0.2, 0.25) is 0 Å². The Labute approximate surface area is 739 Å². The van der Waals surface area contributed by atoms with Crippen LogP contribution in [0.2, 0.25) is 25.2 Å². The van der Waals surface area contributed by atoms with Gasteiger partial charge in [0.05, 0.1) is 50.4 Å². The van der Waals surface area contributed by atoms with Crippen molar-refractivity contribution < 1.29 is 51.0 Å². The van der Waals surface area contributed by atoms with Gasteiger partial charge in [-0.3, -0.25) is 9.36 Å². The molecule has 6 aliphatic rings. The predicted molar refractivity (Wildman–Crippen MR) is 476 cm³/mol. The van der Waals surface area contributed by atoms with Crippen LogP contribution >= 0.6 is 96.9 Å². The van der Waals surface area contributed by atoms with Crippen molar-refractivity contribution in [1.82, 2.24) is 50.5 Å². The summed E-state index contributed by atoms with van der Waals surface area (Å²) in [6.45, 7) is 16.2. The Morgan fingerprint density at radius 2 is 0.820 bits per heavy atom. The standard InChI is InChI=1S/C27H29ClFN5O3.C22H21ClFN5O.C19H26FN3O3.C8H4Cl2N2.C8H5ClN2O.Cl3OP/c1-25(2,3)37-24(35)33-23-34-26(4,14-27(36-23)10-5-11-27)19-13-17(7-9-20(19)29)32-22-18-8-6-16(28)12-21(18)30-15-31-22;1-21(11-22(7-2-8-22)30-20(25)29-21)16-10-14(4-6-17(16)24)28-19-15-5-3-13(23)9-18(15)26-12-27-19;1-17(2,3)26-16(24)22-15-23-18(4,11-19(25-15)8-5-9-19)13-10-12(21)6-7-14(13)20;9-5-1-2-6-7(3-5)11-4-12-8(6)10;9-5-1-2-6-7(3-5)10-4-11-8(6)12;1-5(2,3)4/h6-9,12-13,15H,5,10-11,14H2,1-4H3,(H,30,31,32)(H,33,34,35);3-6,9-10,12H,2,7-8,11H2,1H3,(H2,25,29)(H,26,27,28);6-7,10H,5,8-9,11,21H2,1-4H3,(H,22,23,24);1-4H;1-4H,(H,10,11,12);/t26-;21-;18-;;;/m000.../s1. The summed E-state index contributed by atoms with van der Waals surface area (Å²) >= 11 is 43.3. The number of nitrogen functional groups attached to an aromatic ring is 1. The van der Waals surface area contributed by atoms with Gasteiger partial charge in [0.1, 0.15) is 81.2 Å². The largest absolute Gasteiger partial charge is 0.459 e. The minimum absolute atomic E-state index is 0.0409. The summed E-state index contributed by atoms with van der Waals surface area (Å²) in [4.78, 5) is 81.0. The highest BCUT2D eigenvalue weighted by molar-refractivity contribution is 8.24. The molecule has 3 atom stereocenters. The Hall–Kier alpha value is -9.81. The number of benzene rings is 7. The fraction of sp³-hybridized carbons (Fsp3) is 0.345. The minimum Gasteiger partial charge on any atom is -0.459 e. The molecule has 3 spiro atoms. The summed E-state index contributed by atoms with van der Waals surface area (Å²) < 4.78 is 82.8. The van der Waals surface area contributed by atoms with Crippen molar-refractivity contribution in [3.8, 4) is 0 Å². The van der Waals surface area contributed by atoms with Crippen molar-refractivity contribution in [2.45, 2.75) is 184 Å². The van der Waals surface area contributed by atoms with E-state index in [0.717, 1.165) is 85.0 Å². The van der Waals surface area contributed by atoms with E-state index in [2.05, 4.69) is 110 Å². The molecule has 7 aromatic carbocycles. The second-order valence-corrected chi connectivity index (χ2v) is 41.3. The first-order valence-electron chi connectivity index (χ1n) is 38.3. The molecule has 26 nitrogen and oxygen atoms in total. The number of amidine groups is 3. The number of fused-ring (bicyclic) bond motifs is 4. The average Bonchev–Trinajstić information content (AvgIpc) is 0.741.